The summed E-state index contributed by atoms with van der Waals surface area (Å²) in [7, 11) is 0. The molecule has 242 valence electrons. The molecule has 0 aliphatic carbocycles. The minimum atomic E-state index is 0.647. The van der Waals surface area contributed by atoms with Crippen molar-refractivity contribution in [2.24, 2.45) is 0 Å². The number of hydrogen-bond acceptors (Lipinski definition) is 4. The predicted molar refractivity (Wildman–Crippen MR) is 218 cm³/mol. The molecule has 11 aromatic rings. The molecule has 0 bridgehead atoms. The SMILES string of the molecule is c1ccc(-c2ccc(-c3nc(-c4cccc(-n5c6ccccc6c6c7ccccc7c7c8ccccc8sc7c65)c4)nc4ncccc34)cc2)cc1. The van der Waals surface area contributed by atoms with Crippen molar-refractivity contribution in [2.45, 2.75) is 0 Å². The second kappa shape index (κ2) is 11.4. The van der Waals surface area contributed by atoms with E-state index in [1.165, 1.54) is 63.9 Å². The van der Waals surface area contributed by atoms with Crippen LogP contribution in [0.1, 0.15) is 0 Å². The van der Waals surface area contributed by atoms with Crippen molar-refractivity contribution in [1.82, 2.24) is 19.5 Å². The summed E-state index contributed by atoms with van der Waals surface area (Å²) in [6.07, 6.45) is 1.80. The smallest absolute Gasteiger partial charge is 0.163 e. The zero-order valence-electron chi connectivity index (χ0n) is 27.9. The second-order valence-electron chi connectivity index (χ2n) is 13.2. The summed E-state index contributed by atoms with van der Waals surface area (Å²) in [4.78, 5) is 15.0. The van der Waals surface area contributed by atoms with Gasteiger partial charge in [0.25, 0.3) is 0 Å². The second-order valence-corrected chi connectivity index (χ2v) is 14.2. The van der Waals surface area contributed by atoms with E-state index >= 15 is 0 Å². The van der Waals surface area contributed by atoms with Crippen molar-refractivity contribution in [3.05, 3.63) is 170 Å². The van der Waals surface area contributed by atoms with Crippen LogP contribution in [-0.2, 0) is 0 Å². The first-order chi connectivity index (χ1) is 25.8. The summed E-state index contributed by atoms with van der Waals surface area (Å²) in [6, 6.07) is 58.2. The third kappa shape index (κ3) is 4.36. The van der Waals surface area contributed by atoms with Gasteiger partial charge in [-0.2, -0.15) is 0 Å². The summed E-state index contributed by atoms with van der Waals surface area (Å²) >= 11 is 1.88. The fourth-order valence-corrected chi connectivity index (χ4v) is 9.20. The molecule has 4 aromatic heterocycles. The molecule has 0 aliphatic heterocycles. The third-order valence-corrected chi connectivity index (χ3v) is 11.4. The third-order valence-electron chi connectivity index (χ3n) is 10.3. The number of para-hydroxylation sites is 1. The minimum Gasteiger partial charge on any atom is -0.308 e. The number of aromatic nitrogens is 4. The average Bonchev–Trinajstić information content (AvgIpc) is 3.78. The molecule has 0 aliphatic rings. The first-order valence-corrected chi connectivity index (χ1v) is 18.3. The first kappa shape index (κ1) is 29.1. The average molecular weight is 681 g/mol. The van der Waals surface area contributed by atoms with Gasteiger partial charge in [-0.05, 0) is 58.3 Å². The Labute approximate surface area is 302 Å². The van der Waals surface area contributed by atoms with Crippen LogP contribution in [0.5, 0.6) is 0 Å². The number of pyridine rings is 1. The van der Waals surface area contributed by atoms with Crippen molar-refractivity contribution < 1.29 is 0 Å². The summed E-state index contributed by atoms with van der Waals surface area (Å²) in [5, 5.41) is 8.63. The number of thiophene rings is 1. The molecule has 0 fully saturated rings. The monoisotopic (exact) mass is 680 g/mol. The predicted octanol–water partition coefficient (Wildman–Crippen LogP) is 12.6. The summed E-state index contributed by atoms with van der Waals surface area (Å²) in [5.41, 5.74) is 9.33. The number of rotatable bonds is 4. The van der Waals surface area contributed by atoms with Crippen molar-refractivity contribution in [3.63, 3.8) is 0 Å². The van der Waals surface area contributed by atoms with Crippen LogP contribution in [0.3, 0.4) is 0 Å². The lowest BCUT2D eigenvalue weighted by Gasteiger charge is -2.13. The maximum absolute atomic E-state index is 5.25. The van der Waals surface area contributed by atoms with E-state index in [0.717, 1.165) is 27.9 Å². The number of fused-ring (bicyclic) bond motifs is 11. The van der Waals surface area contributed by atoms with E-state index in [4.69, 9.17) is 15.0 Å². The van der Waals surface area contributed by atoms with E-state index in [-0.39, 0.29) is 0 Å². The van der Waals surface area contributed by atoms with Gasteiger partial charge in [-0.3, -0.25) is 0 Å². The maximum atomic E-state index is 5.25. The Balaban J connectivity index is 1.15. The zero-order chi connectivity index (χ0) is 34.2. The van der Waals surface area contributed by atoms with Gasteiger partial charge in [-0.25, -0.2) is 15.0 Å². The highest BCUT2D eigenvalue weighted by atomic mass is 32.1. The van der Waals surface area contributed by atoms with Crippen molar-refractivity contribution in [1.29, 1.82) is 0 Å². The Hall–Kier alpha value is -6.69. The van der Waals surface area contributed by atoms with Crippen LogP contribution >= 0.6 is 11.3 Å². The van der Waals surface area contributed by atoms with E-state index in [1.54, 1.807) is 6.20 Å². The largest absolute Gasteiger partial charge is 0.308 e. The Bertz CT molecular complexity index is 3180. The quantitative estimate of drug-likeness (QED) is 0.186. The van der Waals surface area contributed by atoms with Crippen LogP contribution in [0.4, 0.5) is 0 Å². The summed E-state index contributed by atoms with van der Waals surface area (Å²) in [5.74, 6) is 0.647. The Morgan fingerprint density at radius 1 is 0.462 bits per heavy atom. The summed E-state index contributed by atoms with van der Waals surface area (Å²) < 4.78 is 5.03. The van der Waals surface area contributed by atoms with Crippen LogP contribution in [0.2, 0.25) is 0 Å². The van der Waals surface area contributed by atoms with Gasteiger partial charge in [0, 0.05) is 54.6 Å². The van der Waals surface area contributed by atoms with Crippen LogP contribution in [0, 0.1) is 0 Å². The molecule has 0 N–H and O–H groups in total. The van der Waals surface area contributed by atoms with E-state index in [9.17, 15) is 0 Å². The molecule has 52 heavy (non-hydrogen) atoms. The lowest BCUT2D eigenvalue weighted by atomic mass is 9.99. The molecule has 7 aromatic carbocycles. The van der Waals surface area contributed by atoms with Gasteiger partial charge in [0.15, 0.2) is 11.5 Å². The van der Waals surface area contributed by atoms with Crippen LogP contribution < -0.4 is 0 Å². The topological polar surface area (TPSA) is 43.6 Å². The number of nitrogens with zero attached hydrogens (tertiary/aromatic N) is 4. The Kier molecular flexibility index (Phi) is 6.39. The van der Waals surface area contributed by atoms with Gasteiger partial charge in [0.1, 0.15) is 0 Å². The lowest BCUT2D eigenvalue weighted by Crippen LogP contribution is -1.98. The fraction of sp³-hybridized carbons (Fsp3) is 0. The van der Waals surface area contributed by atoms with Crippen LogP contribution in [0.25, 0.3) is 103 Å². The normalized spacial score (nSPS) is 11.8. The Morgan fingerprint density at radius 2 is 1.12 bits per heavy atom. The molecule has 11 rings (SSSR count). The summed E-state index contributed by atoms with van der Waals surface area (Å²) in [6.45, 7) is 0. The molecule has 0 saturated heterocycles. The van der Waals surface area contributed by atoms with Crippen molar-refractivity contribution in [2.75, 3.05) is 0 Å². The van der Waals surface area contributed by atoms with Gasteiger partial charge < -0.3 is 4.57 Å². The van der Waals surface area contributed by atoms with E-state index < -0.39 is 0 Å². The zero-order valence-corrected chi connectivity index (χ0v) is 28.7. The minimum absolute atomic E-state index is 0.647. The van der Waals surface area contributed by atoms with Gasteiger partial charge in [-0.15, -0.1) is 11.3 Å². The van der Waals surface area contributed by atoms with Crippen molar-refractivity contribution in [3.8, 4) is 39.5 Å². The lowest BCUT2D eigenvalue weighted by molar-refractivity contribution is 1.17. The van der Waals surface area contributed by atoms with Crippen LogP contribution in [-0.4, -0.2) is 19.5 Å². The van der Waals surface area contributed by atoms with E-state index in [0.29, 0.717) is 11.5 Å². The highest BCUT2D eigenvalue weighted by Gasteiger charge is 2.22. The van der Waals surface area contributed by atoms with E-state index in [1.807, 2.05) is 23.5 Å². The number of benzene rings is 7. The van der Waals surface area contributed by atoms with Gasteiger partial charge in [0.05, 0.1) is 21.4 Å². The fourth-order valence-electron chi connectivity index (χ4n) is 7.94. The van der Waals surface area contributed by atoms with Gasteiger partial charge in [0.2, 0.25) is 0 Å². The highest BCUT2D eigenvalue weighted by Crippen LogP contribution is 2.48. The standard InChI is InChI=1S/C47H28N4S/c1-2-12-29(13-3-1)30-23-25-31(26-24-30)43-38-20-11-27-48-47(38)50-46(49-43)32-14-10-15-33(28-32)51-39-21-8-6-18-36(39)41-34-16-4-5-17-35(34)42-37-19-7-9-22-40(37)52-45(42)44(41)51/h1-28H. The molecule has 0 saturated carbocycles. The maximum Gasteiger partial charge on any atom is 0.163 e. The molecule has 4 heterocycles. The highest BCUT2D eigenvalue weighted by molar-refractivity contribution is 7.27. The Morgan fingerprint density at radius 3 is 1.96 bits per heavy atom. The first-order valence-electron chi connectivity index (χ1n) is 17.4. The molecule has 0 amide bonds. The van der Waals surface area contributed by atoms with Crippen molar-refractivity contribution >= 4 is 75.1 Å². The molecule has 0 radical (unpaired) electrons. The molecular formula is C47H28N4S. The molecule has 0 unspecified atom stereocenters. The van der Waals surface area contributed by atoms with Crippen LogP contribution in [0.15, 0.2) is 170 Å². The number of hydrogen-bond donors (Lipinski definition) is 0. The molecule has 0 atom stereocenters. The molecule has 5 heteroatoms. The van der Waals surface area contributed by atoms with Gasteiger partial charge >= 0.3 is 0 Å². The molecular weight excluding hydrogens is 653 g/mol. The van der Waals surface area contributed by atoms with Gasteiger partial charge in [-0.1, -0.05) is 127 Å². The molecule has 4 nitrogen and oxygen atoms in total. The van der Waals surface area contributed by atoms with E-state index in [2.05, 4.69) is 156 Å². The molecule has 0 spiro atoms.